The first kappa shape index (κ1) is 17.2. The summed E-state index contributed by atoms with van der Waals surface area (Å²) >= 11 is 6.54. The number of carboxylic acid groups (broad SMARTS) is 1. The van der Waals surface area contributed by atoms with Crippen molar-refractivity contribution in [2.75, 3.05) is 12.0 Å². The molecule has 126 valence electrons. The second kappa shape index (κ2) is 7.08. The highest BCUT2D eigenvalue weighted by atomic mass is 32.2. The summed E-state index contributed by atoms with van der Waals surface area (Å²) in [6, 6.07) is 13.4. The van der Waals surface area contributed by atoms with Crippen molar-refractivity contribution in [2.24, 2.45) is 0 Å². The van der Waals surface area contributed by atoms with Gasteiger partial charge in [0.25, 0.3) is 5.91 Å². The lowest BCUT2D eigenvalue weighted by atomic mass is 10.1. The highest BCUT2D eigenvalue weighted by Gasteiger charge is 2.33. The Bertz CT molecular complexity index is 873. The summed E-state index contributed by atoms with van der Waals surface area (Å²) in [5.41, 5.74) is 1.61. The minimum absolute atomic E-state index is 0.197. The first-order valence-electron chi connectivity index (χ1n) is 7.25. The van der Waals surface area contributed by atoms with E-state index in [1.807, 2.05) is 0 Å². The van der Waals surface area contributed by atoms with Crippen molar-refractivity contribution in [3.63, 3.8) is 0 Å². The van der Waals surface area contributed by atoms with Crippen LogP contribution in [-0.2, 0) is 4.79 Å². The van der Waals surface area contributed by atoms with Crippen LogP contribution in [0.15, 0.2) is 53.4 Å². The fourth-order valence-electron chi connectivity index (χ4n) is 2.29. The summed E-state index contributed by atoms with van der Waals surface area (Å²) in [4.78, 5) is 25.5. The van der Waals surface area contributed by atoms with Gasteiger partial charge in [0.2, 0.25) is 0 Å². The third-order valence-electron chi connectivity index (χ3n) is 3.58. The maximum Gasteiger partial charge on any atom is 0.335 e. The molecule has 0 radical (unpaired) electrons. The highest BCUT2D eigenvalue weighted by molar-refractivity contribution is 8.27. The number of rotatable bonds is 4. The molecule has 0 atom stereocenters. The van der Waals surface area contributed by atoms with Crippen molar-refractivity contribution < 1.29 is 19.4 Å². The molecule has 1 N–H and O–H groups in total. The quantitative estimate of drug-likeness (QED) is 0.651. The van der Waals surface area contributed by atoms with Crippen molar-refractivity contribution in [2.45, 2.75) is 0 Å². The van der Waals surface area contributed by atoms with Crippen molar-refractivity contribution >= 4 is 51.9 Å². The van der Waals surface area contributed by atoms with E-state index in [0.717, 1.165) is 5.56 Å². The Morgan fingerprint density at radius 3 is 2.36 bits per heavy atom. The molecule has 1 aliphatic heterocycles. The Morgan fingerprint density at radius 1 is 1.16 bits per heavy atom. The van der Waals surface area contributed by atoms with Gasteiger partial charge in [0, 0.05) is 0 Å². The molecule has 0 spiro atoms. The Labute approximate surface area is 153 Å². The van der Waals surface area contributed by atoms with Crippen molar-refractivity contribution in [1.82, 2.24) is 0 Å². The van der Waals surface area contributed by atoms with Crippen LogP contribution < -0.4 is 9.64 Å². The van der Waals surface area contributed by atoms with Gasteiger partial charge in [0.15, 0.2) is 4.32 Å². The molecule has 1 heterocycles. The van der Waals surface area contributed by atoms with E-state index < -0.39 is 5.97 Å². The Morgan fingerprint density at radius 2 is 1.80 bits per heavy atom. The van der Waals surface area contributed by atoms with Gasteiger partial charge in [-0.3, -0.25) is 9.69 Å². The maximum atomic E-state index is 12.7. The average molecular weight is 371 g/mol. The predicted octanol–water partition coefficient (Wildman–Crippen LogP) is 3.80. The number of hydrogen-bond acceptors (Lipinski definition) is 5. The summed E-state index contributed by atoms with van der Waals surface area (Å²) in [6.07, 6.45) is 1.70. The molecule has 25 heavy (non-hydrogen) atoms. The normalized spacial score (nSPS) is 15.7. The Balaban J connectivity index is 1.85. The smallest absolute Gasteiger partial charge is 0.335 e. The lowest BCUT2D eigenvalue weighted by Crippen LogP contribution is -2.27. The van der Waals surface area contributed by atoms with Crippen LogP contribution in [0.2, 0.25) is 0 Å². The van der Waals surface area contributed by atoms with Crippen LogP contribution in [-0.4, -0.2) is 28.4 Å². The highest BCUT2D eigenvalue weighted by Crippen LogP contribution is 2.36. The summed E-state index contributed by atoms with van der Waals surface area (Å²) in [7, 11) is 1.58. The van der Waals surface area contributed by atoms with E-state index >= 15 is 0 Å². The fraction of sp³-hybridized carbons (Fsp3) is 0.0556. The number of hydrogen-bond donors (Lipinski definition) is 1. The van der Waals surface area contributed by atoms with Crippen LogP contribution in [0.3, 0.4) is 0 Å². The molecule has 1 aliphatic rings. The van der Waals surface area contributed by atoms with Crippen LogP contribution in [0.5, 0.6) is 5.75 Å². The van der Waals surface area contributed by atoms with Crippen LogP contribution >= 0.6 is 24.0 Å². The maximum absolute atomic E-state index is 12.7. The van der Waals surface area contributed by atoms with Crippen molar-refractivity contribution in [1.29, 1.82) is 0 Å². The van der Waals surface area contributed by atoms with Crippen LogP contribution in [0.1, 0.15) is 15.9 Å². The molecule has 5 nitrogen and oxygen atoms in total. The third kappa shape index (κ3) is 3.57. The number of ether oxygens (including phenoxy) is 1. The van der Waals surface area contributed by atoms with E-state index in [4.69, 9.17) is 22.1 Å². The number of aromatic carboxylic acids is 1. The molecular weight excluding hydrogens is 358 g/mol. The number of carbonyl (C=O) groups is 2. The molecular formula is C18H13NO4S2. The van der Waals surface area contributed by atoms with Gasteiger partial charge in [-0.2, -0.15) is 0 Å². The number of thiocarbonyl (C=S) groups is 1. The molecule has 1 amide bonds. The standard InChI is InChI=1S/C18H13NO4S2/c1-23-14-8-6-13(7-9-14)19-16(20)15(25-18(19)24)10-11-2-4-12(5-3-11)17(21)22/h2-10H,1H3,(H,21,22). The van der Waals surface area contributed by atoms with Crippen LogP contribution in [0.4, 0.5) is 5.69 Å². The molecule has 0 aromatic heterocycles. The van der Waals surface area contributed by atoms with E-state index in [9.17, 15) is 9.59 Å². The third-order valence-corrected chi connectivity index (χ3v) is 4.88. The summed E-state index contributed by atoms with van der Waals surface area (Å²) < 4.78 is 5.57. The second-order valence-corrected chi connectivity index (χ2v) is 6.82. The Kier molecular flexibility index (Phi) is 4.87. The lowest BCUT2D eigenvalue weighted by molar-refractivity contribution is -0.113. The topological polar surface area (TPSA) is 66.8 Å². The van der Waals surface area contributed by atoms with Gasteiger partial charge >= 0.3 is 5.97 Å². The monoisotopic (exact) mass is 371 g/mol. The molecule has 0 bridgehead atoms. The number of carbonyl (C=O) groups excluding carboxylic acids is 1. The van der Waals surface area contributed by atoms with Gasteiger partial charge in [0.1, 0.15) is 5.75 Å². The molecule has 2 aromatic rings. The SMILES string of the molecule is COc1ccc(N2C(=O)C(=Cc3ccc(C(=O)O)cc3)SC2=S)cc1. The zero-order chi connectivity index (χ0) is 18.0. The molecule has 1 fully saturated rings. The van der Waals surface area contributed by atoms with E-state index in [1.54, 1.807) is 49.6 Å². The molecule has 0 unspecified atom stereocenters. The van der Waals surface area contributed by atoms with Gasteiger partial charge in [-0.25, -0.2) is 4.79 Å². The molecule has 2 aromatic carbocycles. The first-order valence-corrected chi connectivity index (χ1v) is 8.47. The first-order chi connectivity index (χ1) is 12.0. The summed E-state index contributed by atoms with van der Waals surface area (Å²) in [5, 5.41) is 8.93. The number of nitrogens with zero attached hydrogens (tertiary/aromatic N) is 1. The van der Waals surface area contributed by atoms with E-state index in [1.165, 1.54) is 28.8 Å². The molecule has 0 saturated carbocycles. The van der Waals surface area contributed by atoms with E-state index in [2.05, 4.69) is 0 Å². The number of benzene rings is 2. The predicted molar refractivity (Wildman–Crippen MR) is 102 cm³/mol. The largest absolute Gasteiger partial charge is 0.497 e. The number of carboxylic acids is 1. The van der Waals surface area contributed by atoms with Crippen LogP contribution in [0.25, 0.3) is 6.08 Å². The van der Waals surface area contributed by atoms with Crippen molar-refractivity contribution in [3.05, 3.63) is 64.6 Å². The van der Waals surface area contributed by atoms with Gasteiger partial charge in [-0.15, -0.1) is 0 Å². The minimum atomic E-state index is -0.989. The van der Waals surface area contributed by atoms with Gasteiger partial charge < -0.3 is 9.84 Å². The fourth-order valence-corrected chi connectivity index (χ4v) is 3.59. The Hall–Kier alpha value is -2.64. The van der Waals surface area contributed by atoms with Gasteiger partial charge in [0.05, 0.1) is 23.3 Å². The molecule has 7 heteroatoms. The molecule has 3 rings (SSSR count). The average Bonchev–Trinajstić information content (AvgIpc) is 2.89. The number of methoxy groups -OCH3 is 1. The number of thioether (sulfide) groups is 1. The minimum Gasteiger partial charge on any atom is -0.497 e. The molecule has 1 saturated heterocycles. The van der Waals surface area contributed by atoms with E-state index in [0.29, 0.717) is 20.7 Å². The second-order valence-electron chi connectivity index (χ2n) is 5.14. The number of amides is 1. The van der Waals surface area contributed by atoms with Crippen molar-refractivity contribution in [3.8, 4) is 5.75 Å². The number of anilines is 1. The molecule has 0 aliphatic carbocycles. The zero-order valence-electron chi connectivity index (χ0n) is 13.1. The summed E-state index contributed by atoms with van der Waals surface area (Å²) in [6.45, 7) is 0. The van der Waals surface area contributed by atoms with E-state index in [-0.39, 0.29) is 11.5 Å². The van der Waals surface area contributed by atoms with Gasteiger partial charge in [-0.1, -0.05) is 36.1 Å². The van der Waals surface area contributed by atoms with Crippen LogP contribution in [0, 0.1) is 0 Å². The summed E-state index contributed by atoms with van der Waals surface area (Å²) in [5.74, 6) is -0.497. The lowest BCUT2D eigenvalue weighted by Gasteiger charge is -2.14. The van der Waals surface area contributed by atoms with Gasteiger partial charge in [-0.05, 0) is 48.0 Å². The zero-order valence-corrected chi connectivity index (χ0v) is 14.8.